The smallest absolute Gasteiger partial charge is 0.107 e. The Bertz CT molecular complexity index is 480. The SMILES string of the molecule is CCCNC1(C#N)CCC(SCc2ccccc2C)C1. The van der Waals surface area contributed by atoms with Gasteiger partial charge in [-0.15, -0.1) is 0 Å². The van der Waals surface area contributed by atoms with Crippen LogP contribution in [0.4, 0.5) is 0 Å². The van der Waals surface area contributed by atoms with E-state index in [0.717, 1.165) is 38.0 Å². The van der Waals surface area contributed by atoms with Crippen LogP contribution in [0.2, 0.25) is 0 Å². The Morgan fingerprint density at radius 2 is 2.25 bits per heavy atom. The molecule has 0 bridgehead atoms. The zero-order valence-electron chi connectivity index (χ0n) is 12.5. The standard InChI is InChI=1S/C17H24N2S/c1-3-10-19-17(13-18)9-8-16(11-17)20-12-15-7-5-4-6-14(15)2/h4-7,16,19H,3,8-12H2,1-2H3. The molecule has 2 unspecified atom stereocenters. The molecule has 1 aromatic carbocycles. The van der Waals surface area contributed by atoms with Crippen LogP contribution < -0.4 is 5.32 Å². The Hall–Kier alpha value is -0.980. The number of nitriles is 1. The second kappa shape index (κ2) is 7.15. The maximum absolute atomic E-state index is 9.47. The number of rotatable bonds is 6. The molecule has 0 aliphatic heterocycles. The van der Waals surface area contributed by atoms with Crippen molar-refractivity contribution in [2.75, 3.05) is 6.54 Å². The number of benzene rings is 1. The Kier molecular flexibility index (Phi) is 5.51. The van der Waals surface area contributed by atoms with Crippen molar-refractivity contribution in [2.45, 2.75) is 56.1 Å². The number of nitrogens with zero attached hydrogens (tertiary/aromatic N) is 1. The predicted molar refractivity (Wildman–Crippen MR) is 86.8 cm³/mol. The third kappa shape index (κ3) is 3.77. The van der Waals surface area contributed by atoms with Crippen molar-refractivity contribution in [1.29, 1.82) is 5.26 Å². The van der Waals surface area contributed by atoms with Gasteiger partial charge in [-0.3, -0.25) is 5.32 Å². The Balaban J connectivity index is 1.87. The highest BCUT2D eigenvalue weighted by molar-refractivity contribution is 7.99. The molecular weight excluding hydrogens is 264 g/mol. The van der Waals surface area contributed by atoms with Crippen molar-refractivity contribution in [3.63, 3.8) is 0 Å². The minimum absolute atomic E-state index is 0.264. The number of aryl methyl sites for hydroxylation is 1. The molecule has 2 rings (SSSR count). The Morgan fingerprint density at radius 3 is 2.95 bits per heavy atom. The molecule has 108 valence electrons. The summed E-state index contributed by atoms with van der Waals surface area (Å²) >= 11 is 2.01. The minimum atomic E-state index is -0.264. The molecule has 1 aliphatic rings. The summed E-state index contributed by atoms with van der Waals surface area (Å²) < 4.78 is 0. The fourth-order valence-electron chi connectivity index (χ4n) is 2.79. The van der Waals surface area contributed by atoms with Gasteiger partial charge in [0, 0.05) is 11.0 Å². The van der Waals surface area contributed by atoms with Crippen LogP contribution in [0.1, 0.15) is 43.7 Å². The summed E-state index contributed by atoms with van der Waals surface area (Å²) in [5.74, 6) is 1.06. The van der Waals surface area contributed by atoms with Gasteiger partial charge in [0.25, 0.3) is 0 Å². The number of hydrogen-bond acceptors (Lipinski definition) is 3. The molecule has 1 aromatic rings. The molecule has 0 heterocycles. The second-order valence-corrected chi connectivity index (χ2v) is 7.01. The van der Waals surface area contributed by atoms with E-state index in [4.69, 9.17) is 0 Å². The van der Waals surface area contributed by atoms with Gasteiger partial charge in [-0.1, -0.05) is 31.2 Å². The molecule has 20 heavy (non-hydrogen) atoms. The monoisotopic (exact) mass is 288 g/mol. The molecule has 0 saturated heterocycles. The van der Waals surface area contributed by atoms with E-state index in [-0.39, 0.29) is 5.54 Å². The molecule has 2 atom stereocenters. The summed E-state index contributed by atoms with van der Waals surface area (Å²) in [6, 6.07) is 11.1. The van der Waals surface area contributed by atoms with E-state index < -0.39 is 0 Å². The lowest BCUT2D eigenvalue weighted by molar-refractivity contribution is 0.424. The van der Waals surface area contributed by atoms with Gasteiger partial charge in [-0.25, -0.2) is 0 Å². The van der Waals surface area contributed by atoms with E-state index in [1.165, 1.54) is 11.1 Å². The molecule has 1 fully saturated rings. The van der Waals surface area contributed by atoms with Gasteiger partial charge >= 0.3 is 0 Å². The molecule has 3 heteroatoms. The summed E-state index contributed by atoms with van der Waals surface area (Å²) in [5.41, 5.74) is 2.53. The maximum atomic E-state index is 9.47. The van der Waals surface area contributed by atoms with Crippen LogP contribution >= 0.6 is 11.8 Å². The van der Waals surface area contributed by atoms with Gasteiger partial charge in [0.05, 0.1) is 6.07 Å². The highest BCUT2D eigenvalue weighted by Crippen LogP contribution is 2.38. The van der Waals surface area contributed by atoms with Crippen LogP contribution in [0, 0.1) is 18.3 Å². The van der Waals surface area contributed by atoms with E-state index in [1.54, 1.807) is 0 Å². The predicted octanol–water partition coefficient (Wildman–Crippen LogP) is 4.04. The fraction of sp³-hybridized carbons (Fsp3) is 0.588. The topological polar surface area (TPSA) is 35.8 Å². The van der Waals surface area contributed by atoms with Crippen molar-refractivity contribution < 1.29 is 0 Å². The summed E-state index contributed by atoms with van der Waals surface area (Å²) in [6.45, 7) is 5.27. The normalized spacial score (nSPS) is 25.6. The Labute approximate surface area is 127 Å². The average molecular weight is 288 g/mol. The third-order valence-corrected chi connectivity index (χ3v) is 5.48. The lowest BCUT2D eigenvalue weighted by atomic mass is 10.00. The first kappa shape index (κ1) is 15.4. The molecule has 0 radical (unpaired) electrons. The van der Waals surface area contributed by atoms with Crippen LogP contribution in [-0.2, 0) is 5.75 Å². The Morgan fingerprint density at radius 1 is 1.45 bits per heavy atom. The molecule has 1 saturated carbocycles. The van der Waals surface area contributed by atoms with Crippen LogP contribution in [-0.4, -0.2) is 17.3 Å². The van der Waals surface area contributed by atoms with Crippen molar-refractivity contribution >= 4 is 11.8 Å². The van der Waals surface area contributed by atoms with E-state index in [2.05, 4.69) is 49.5 Å². The molecule has 0 aromatic heterocycles. The first-order chi connectivity index (χ1) is 9.69. The third-order valence-electron chi connectivity index (χ3n) is 4.13. The van der Waals surface area contributed by atoms with Gasteiger partial charge in [0.15, 0.2) is 0 Å². The second-order valence-electron chi connectivity index (χ2n) is 5.72. The largest absolute Gasteiger partial charge is 0.299 e. The van der Waals surface area contributed by atoms with E-state index >= 15 is 0 Å². The number of nitrogens with one attached hydrogen (secondary N) is 1. The van der Waals surface area contributed by atoms with E-state index in [1.807, 2.05) is 11.8 Å². The van der Waals surface area contributed by atoms with E-state index in [0.29, 0.717) is 5.25 Å². The summed E-state index contributed by atoms with van der Waals surface area (Å²) in [7, 11) is 0. The minimum Gasteiger partial charge on any atom is -0.299 e. The lowest BCUT2D eigenvalue weighted by Crippen LogP contribution is -2.42. The quantitative estimate of drug-likeness (QED) is 0.858. The first-order valence-corrected chi connectivity index (χ1v) is 8.56. The molecule has 1 aliphatic carbocycles. The lowest BCUT2D eigenvalue weighted by Gasteiger charge is -2.22. The van der Waals surface area contributed by atoms with Gasteiger partial charge < -0.3 is 0 Å². The van der Waals surface area contributed by atoms with Crippen molar-refractivity contribution in [3.05, 3.63) is 35.4 Å². The summed E-state index contributed by atoms with van der Waals surface area (Å²) in [4.78, 5) is 0. The highest BCUT2D eigenvalue weighted by Gasteiger charge is 2.38. The van der Waals surface area contributed by atoms with Gasteiger partial charge in [0.2, 0.25) is 0 Å². The van der Waals surface area contributed by atoms with Crippen molar-refractivity contribution in [3.8, 4) is 6.07 Å². The number of thioether (sulfide) groups is 1. The van der Waals surface area contributed by atoms with Crippen LogP contribution in [0.5, 0.6) is 0 Å². The van der Waals surface area contributed by atoms with E-state index in [9.17, 15) is 5.26 Å². The van der Waals surface area contributed by atoms with Crippen LogP contribution in [0.25, 0.3) is 0 Å². The van der Waals surface area contributed by atoms with Crippen molar-refractivity contribution in [1.82, 2.24) is 5.32 Å². The number of hydrogen-bond donors (Lipinski definition) is 1. The molecule has 0 spiro atoms. The van der Waals surface area contributed by atoms with Crippen LogP contribution in [0.3, 0.4) is 0 Å². The average Bonchev–Trinajstić information content (AvgIpc) is 2.89. The maximum Gasteiger partial charge on any atom is 0.107 e. The molecule has 1 N–H and O–H groups in total. The fourth-order valence-corrected chi connectivity index (χ4v) is 4.21. The summed E-state index contributed by atoms with van der Waals surface area (Å²) in [5, 5.41) is 13.5. The van der Waals surface area contributed by atoms with Crippen LogP contribution in [0.15, 0.2) is 24.3 Å². The van der Waals surface area contributed by atoms with Gasteiger partial charge in [-0.2, -0.15) is 17.0 Å². The molecular formula is C17H24N2S. The molecule has 2 nitrogen and oxygen atoms in total. The zero-order chi connectivity index (χ0) is 14.4. The van der Waals surface area contributed by atoms with Gasteiger partial charge in [-0.05, 0) is 50.3 Å². The van der Waals surface area contributed by atoms with Crippen molar-refractivity contribution in [2.24, 2.45) is 0 Å². The first-order valence-electron chi connectivity index (χ1n) is 7.51. The molecule has 0 amide bonds. The zero-order valence-corrected chi connectivity index (χ0v) is 13.3. The summed E-state index contributed by atoms with van der Waals surface area (Å²) in [6.07, 6.45) is 4.22. The highest BCUT2D eigenvalue weighted by atomic mass is 32.2. The van der Waals surface area contributed by atoms with Gasteiger partial charge in [0.1, 0.15) is 5.54 Å².